The summed E-state index contributed by atoms with van der Waals surface area (Å²) in [5.41, 5.74) is 2.82. The Morgan fingerprint density at radius 1 is 1.10 bits per heavy atom. The quantitative estimate of drug-likeness (QED) is 0.328. The Labute approximate surface area is 228 Å². The van der Waals surface area contributed by atoms with E-state index < -0.39 is 5.60 Å². The van der Waals surface area contributed by atoms with Gasteiger partial charge in [0.1, 0.15) is 22.8 Å². The van der Waals surface area contributed by atoms with Gasteiger partial charge in [-0.05, 0) is 62.6 Å². The van der Waals surface area contributed by atoms with Crippen LogP contribution in [0.4, 0.5) is 23.3 Å². The van der Waals surface area contributed by atoms with Crippen LogP contribution in [0, 0.1) is 0 Å². The lowest BCUT2D eigenvalue weighted by Crippen LogP contribution is -2.39. The summed E-state index contributed by atoms with van der Waals surface area (Å²) in [4.78, 5) is 42.1. The van der Waals surface area contributed by atoms with Gasteiger partial charge in [-0.15, -0.1) is 0 Å². The van der Waals surface area contributed by atoms with Gasteiger partial charge in [-0.1, -0.05) is 12.1 Å². The van der Waals surface area contributed by atoms with Crippen LogP contribution in [0.15, 0.2) is 42.6 Å². The second-order valence-electron chi connectivity index (χ2n) is 10.3. The number of benzene rings is 1. The first kappa shape index (κ1) is 27.9. The van der Waals surface area contributed by atoms with E-state index in [0.29, 0.717) is 37.1 Å². The predicted octanol–water partition coefficient (Wildman–Crippen LogP) is 2.78. The highest BCUT2D eigenvalue weighted by molar-refractivity contribution is 5.99. The first-order valence-corrected chi connectivity index (χ1v) is 13.0. The molecule has 11 nitrogen and oxygen atoms in total. The molecular formula is C28H36N8O3. The molecule has 3 heterocycles. The van der Waals surface area contributed by atoms with Crippen molar-refractivity contribution in [2.45, 2.75) is 39.3 Å². The Balaban J connectivity index is 1.58. The number of hydrogen-bond acceptors (Lipinski definition) is 9. The Kier molecular flexibility index (Phi) is 8.41. The molecule has 4 rings (SSSR count). The molecule has 0 bridgehead atoms. The van der Waals surface area contributed by atoms with Crippen molar-refractivity contribution in [1.29, 1.82) is 0 Å². The van der Waals surface area contributed by atoms with Crippen molar-refractivity contribution in [1.82, 2.24) is 30.1 Å². The fraction of sp³-hybridized carbons (Fsp3) is 0.393. The summed E-state index contributed by atoms with van der Waals surface area (Å²) in [6.07, 6.45) is 2.34. The van der Waals surface area contributed by atoms with E-state index in [9.17, 15) is 14.7 Å². The molecular weight excluding hydrogens is 496 g/mol. The summed E-state index contributed by atoms with van der Waals surface area (Å²) in [5.74, 6) is 0.790. The van der Waals surface area contributed by atoms with Crippen molar-refractivity contribution >= 4 is 35.1 Å². The molecule has 0 atom stereocenters. The van der Waals surface area contributed by atoms with Crippen LogP contribution >= 0.6 is 0 Å². The number of carbonyl (C=O) groups is 2. The minimum Gasteiger partial charge on any atom is -0.384 e. The number of amides is 2. The van der Waals surface area contributed by atoms with Crippen molar-refractivity contribution < 1.29 is 14.7 Å². The van der Waals surface area contributed by atoms with E-state index >= 15 is 0 Å². The van der Waals surface area contributed by atoms with E-state index in [4.69, 9.17) is 0 Å². The molecule has 4 N–H and O–H groups in total. The summed E-state index contributed by atoms with van der Waals surface area (Å²) < 4.78 is 0. The molecule has 1 aromatic carbocycles. The highest BCUT2D eigenvalue weighted by Crippen LogP contribution is 2.26. The molecule has 0 fully saturated rings. The van der Waals surface area contributed by atoms with Gasteiger partial charge in [-0.3, -0.25) is 14.5 Å². The van der Waals surface area contributed by atoms with Crippen molar-refractivity contribution in [3.63, 3.8) is 0 Å². The number of nitrogens with one attached hydrogen (secondary N) is 3. The fourth-order valence-electron chi connectivity index (χ4n) is 4.22. The summed E-state index contributed by atoms with van der Waals surface area (Å²) in [6, 6.07) is 11.3. The number of fused-ring (bicyclic) bond motifs is 1. The highest BCUT2D eigenvalue weighted by Gasteiger charge is 2.21. The third-order valence-electron chi connectivity index (χ3n) is 6.40. The fourth-order valence-corrected chi connectivity index (χ4v) is 4.22. The van der Waals surface area contributed by atoms with Crippen LogP contribution < -0.4 is 16.0 Å². The highest BCUT2D eigenvalue weighted by atomic mass is 16.3. The zero-order valence-electron chi connectivity index (χ0n) is 23.1. The number of aromatic nitrogens is 3. The Morgan fingerprint density at radius 3 is 2.62 bits per heavy atom. The van der Waals surface area contributed by atoms with E-state index in [-0.39, 0.29) is 23.2 Å². The van der Waals surface area contributed by atoms with Gasteiger partial charge in [0.05, 0.1) is 12.2 Å². The Hall–Kier alpha value is -4.09. The van der Waals surface area contributed by atoms with Crippen LogP contribution in [0.3, 0.4) is 0 Å². The van der Waals surface area contributed by atoms with Crippen molar-refractivity contribution in [3.8, 4) is 0 Å². The third kappa shape index (κ3) is 7.06. The monoisotopic (exact) mass is 532 g/mol. The van der Waals surface area contributed by atoms with Crippen LogP contribution in [0.2, 0.25) is 0 Å². The van der Waals surface area contributed by atoms with Gasteiger partial charge >= 0.3 is 0 Å². The molecule has 1 aliphatic rings. The summed E-state index contributed by atoms with van der Waals surface area (Å²) in [7, 11) is 3.53. The van der Waals surface area contributed by atoms with Crippen LogP contribution in [0.5, 0.6) is 0 Å². The Bertz CT molecular complexity index is 1350. The summed E-state index contributed by atoms with van der Waals surface area (Å²) >= 11 is 0. The number of rotatable bonds is 9. The minimum absolute atomic E-state index is 0.0796. The average Bonchev–Trinajstić information content (AvgIpc) is 2.88. The maximum atomic E-state index is 12.7. The molecule has 3 aromatic rings. The third-order valence-corrected chi connectivity index (χ3v) is 6.40. The molecule has 2 aromatic heterocycles. The predicted molar refractivity (Wildman–Crippen MR) is 150 cm³/mol. The lowest BCUT2D eigenvalue weighted by atomic mass is 9.99. The summed E-state index contributed by atoms with van der Waals surface area (Å²) in [6.45, 7) is 7.50. The van der Waals surface area contributed by atoms with Gasteiger partial charge < -0.3 is 26.0 Å². The number of aliphatic hydroxyl groups is 1. The van der Waals surface area contributed by atoms with E-state index in [2.05, 4.69) is 41.9 Å². The maximum Gasteiger partial charge on any atom is 0.256 e. The van der Waals surface area contributed by atoms with Gasteiger partial charge in [-0.2, -0.15) is 4.98 Å². The molecule has 1 aliphatic heterocycles. The Morgan fingerprint density at radius 2 is 1.90 bits per heavy atom. The molecule has 0 saturated heterocycles. The van der Waals surface area contributed by atoms with Crippen LogP contribution in [-0.4, -0.2) is 75.4 Å². The van der Waals surface area contributed by atoms with Gasteiger partial charge in [0.15, 0.2) is 0 Å². The van der Waals surface area contributed by atoms with E-state index in [1.165, 1.54) is 11.8 Å². The SMILES string of the molecule is CCNC(=O)c1cnc(Nc2ccc3c(c2)CN(CC(=O)N(C)C)CC3)nc1Nc1cccc(C(C)(C)O)n1. The number of anilines is 4. The second kappa shape index (κ2) is 11.7. The average molecular weight is 533 g/mol. The van der Waals surface area contributed by atoms with Crippen molar-refractivity contribution in [2.75, 3.05) is 44.4 Å². The molecule has 0 aliphatic carbocycles. The molecule has 11 heteroatoms. The van der Waals surface area contributed by atoms with Crippen molar-refractivity contribution in [3.05, 3.63) is 65.0 Å². The first-order chi connectivity index (χ1) is 18.5. The summed E-state index contributed by atoms with van der Waals surface area (Å²) in [5, 5.41) is 19.5. The smallest absolute Gasteiger partial charge is 0.256 e. The van der Waals surface area contributed by atoms with Gasteiger partial charge in [-0.25, -0.2) is 9.97 Å². The van der Waals surface area contributed by atoms with Gasteiger partial charge in [0, 0.05) is 45.6 Å². The van der Waals surface area contributed by atoms with Crippen LogP contribution in [0.25, 0.3) is 0 Å². The lowest BCUT2D eigenvalue weighted by molar-refractivity contribution is -0.130. The molecule has 206 valence electrons. The largest absolute Gasteiger partial charge is 0.384 e. The lowest BCUT2D eigenvalue weighted by Gasteiger charge is -2.29. The van der Waals surface area contributed by atoms with Gasteiger partial charge in [0.25, 0.3) is 5.91 Å². The van der Waals surface area contributed by atoms with E-state index in [0.717, 1.165) is 24.2 Å². The zero-order valence-corrected chi connectivity index (χ0v) is 23.1. The normalized spacial score (nSPS) is 13.4. The molecule has 0 saturated carbocycles. The molecule has 2 amide bonds. The van der Waals surface area contributed by atoms with Crippen molar-refractivity contribution in [2.24, 2.45) is 0 Å². The minimum atomic E-state index is -1.12. The topological polar surface area (TPSA) is 136 Å². The second-order valence-corrected chi connectivity index (χ2v) is 10.3. The molecule has 39 heavy (non-hydrogen) atoms. The number of nitrogens with zero attached hydrogens (tertiary/aromatic N) is 5. The number of hydrogen-bond donors (Lipinski definition) is 4. The van der Waals surface area contributed by atoms with Crippen LogP contribution in [-0.2, 0) is 23.4 Å². The standard InChI is InChI=1S/C28H36N8O3/c1-6-29-26(38)21-15-30-27(34-25(21)33-23-9-7-8-22(32-23)28(2,3)39)31-20-11-10-18-12-13-36(16-19(18)14-20)17-24(37)35(4)5/h7-11,14-15,39H,6,12-13,16-17H2,1-5H3,(H,29,38)(H2,30,31,32,33,34). The zero-order chi connectivity index (χ0) is 28.2. The maximum absolute atomic E-state index is 12.7. The number of carbonyl (C=O) groups excluding carboxylic acids is 2. The molecule has 0 radical (unpaired) electrons. The molecule has 0 spiro atoms. The van der Waals surface area contributed by atoms with E-state index in [1.54, 1.807) is 51.0 Å². The van der Waals surface area contributed by atoms with Gasteiger partial charge in [0.2, 0.25) is 11.9 Å². The van der Waals surface area contributed by atoms with Crippen LogP contribution in [0.1, 0.15) is 48.0 Å². The first-order valence-electron chi connectivity index (χ1n) is 13.0. The number of pyridine rings is 1. The van der Waals surface area contributed by atoms with E-state index in [1.807, 2.05) is 19.1 Å². The number of likely N-dealkylation sites (N-methyl/N-ethyl adjacent to an activating group) is 1. The molecule has 0 unspecified atom stereocenters.